The topological polar surface area (TPSA) is 75.7 Å². The van der Waals surface area contributed by atoms with Gasteiger partial charge in [-0.3, -0.25) is 14.9 Å². The van der Waals surface area contributed by atoms with Gasteiger partial charge in [-0.05, 0) is 82.0 Å². The van der Waals surface area contributed by atoms with E-state index in [1.165, 1.54) is 6.08 Å². The number of amides is 4. The summed E-state index contributed by atoms with van der Waals surface area (Å²) >= 11 is 15.5. The van der Waals surface area contributed by atoms with Crippen LogP contribution in [-0.2, 0) is 16.2 Å². The second-order valence-corrected chi connectivity index (χ2v) is 9.14. The van der Waals surface area contributed by atoms with Crippen LogP contribution in [0.4, 0.5) is 10.5 Å². The SMILES string of the molecule is Cc1c(Cl)cccc1N1C(=O)NC(=O)/C(=C\c2ccc(OCc3ccc(Cl)cc3)c(Br)c2)C1=O. The monoisotopic (exact) mass is 558 g/mol. The van der Waals surface area contributed by atoms with Gasteiger partial charge in [-0.15, -0.1) is 0 Å². The minimum absolute atomic E-state index is 0.180. The number of rotatable bonds is 5. The molecule has 6 nitrogen and oxygen atoms in total. The smallest absolute Gasteiger partial charge is 0.335 e. The number of urea groups is 1. The highest BCUT2D eigenvalue weighted by molar-refractivity contribution is 9.10. The molecule has 172 valence electrons. The number of barbiturate groups is 1. The molecule has 0 aromatic heterocycles. The first-order valence-electron chi connectivity index (χ1n) is 10.1. The van der Waals surface area contributed by atoms with Gasteiger partial charge in [0.1, 0.15) is 17.9 Å². The molecule has 4 amide bonds. The molecule has 34 heavy (non-hydrogen) atoms. The second-order valence-electron chi connectivity index (χ2n) is 7.45. The first kappa shape index (κ1) is 24.0. The summed E-state index contributed by atoms with van der Waals surface area (Å²) in [6, 6.07) is 16.5. The van der Waals surface area contributed by atoms with E-state index in [1.54, 1.807) is 55.5 Å². The Kier molecular flexibility index (Phi) is 7.07. The standard InChI is InChI=1S/C25H17BrCl2N2O4/c1-14-20(28)3-2-4-21(14)30-24(32)18(23(31)29-25(30)33)11-16-7-10-22(19(26)12-16)34-13-15-5-8-17(27)9-6-15/h2-12H,13H2,1H3,(H,29,31,33)/b18-11+. The molecule has 0 bridgehead atoms. The Bertz CT molecular complexity index is 1340. The number of carbonyl (C=O) groups is 3. The van der Waals surface area contributed by atoms with Crippen molar-refractivity contribution in [2.75, 3.05) is 4.90 Å². The first-order chi connectivity index (χ1) is 16.2. The molecule has 1 heterocycles. The molecule has 1 saturated heterocycles. The Morgan fingerprint density at radius 1 is 1.03 bits per heavy atom. The highest BCUT2D eigenvalue weighted by Gasteiger charge is 2.37. The van der Waals surface area contributed by atoms with Crippen molar-refractivity contribution in [1.29, 1.82) is 0 Å². The Morgan fingerprint density at radius 2 is 1.76 bits per heavy atom. The molecule has 3 aromatic carbocycles. The average Bonchev–Trinajstić information content (AvgIpc) is 2.80. The fraction of sp³-hybridized carbons (Fsp3) is 0.0800. The number of carbonyl (C=O) groups excluding carboxylic acids is 3. The summed E-state index contributed by atoms with van der Waals surface area (Å²) in [4.78, 5) is 39.0. The fourth-order valence-corrected chi connectivity index (χ4v) is 4.15. The number of imide groups is 2. The summed E-state index contributed by atoms with van der Waals surface area (Å²) in [6.07, 6.45) is 1.42. The zero-order valence-corrected chi connectivity index (χ0v) is 20.9. The molecule has 1 aliphatic rings. The van der Waals surface area contributed by atoms with Crippen molar-refractivity contribution in [2.24, 2.45) is 0 Å². The maximum atomic E-state index is 13.1. The number of nitrogens with one attached hydrogen (secondary N) is 1. The second kappa shape index (κ2) is 10.0. The van der Waals surface area contributed by atoms with Gasteiger partial charge in [0.15, 0.2) is 0 Å². The van der Waals surface area contributed by atoms with E-state index in [0.717, 1.165) is 10.5 Å². The van der Waals surface area contributed by atoms with Crippen molar-refractivity contribution in [2.45, 2.75) is 13.5 Å². The lowest BCUT2D eigenvalue weighted by molar-refractivity contribution is -0.122. The molecule has 0 spiro atoms. The molecule has 9 heteroatoms. The van der Waals surface area contributed by atoms with E-state index in [4.69, 9.17) is 27.9 Å². The lowest BCUT2D eigenvalue weighted by Gasteiger charge is -2.27. The van der Waals surface area contributed by atoms with E-state index in [9.17, 15) is 14.4 Å². The molecule has 1 N–H and O–H groups in total. The van der Waals surface area contributed by atoms with E-state index in [2.05, 4.69) is 21.2 Å². The lowest BCUT2D eigenvalue weighted by atomic mass is 10.1. The predicted octanol–water partition coefficient (Wildman–Crippen LogP) is 6.31. The molecule has 4 rings (SSSR count). The Morgan fingerprint density at radius 3 is 2.47 bits per heavy atom. The molecule has 0 saturated carbocycles. The average molecular weight is 560 g/mol. The number of anilines is 1. The number of benzene rings is 3. The highest BCUT2D eigenvalue weighted by atomic mass is 79.9. The Balaban J connectivity index is 1.58. The van der Waals surface area contributed by atoms with Gasteiger partial charge in [0.2, 0.25) is 0 Å². The van der Waals surface area contributed by atoms with Crippen molar-refractivity contribution in [1.82, 2.24) is 5.32 Å². The van der Waals surface area contributed by atoms with Crippen LogP contribution in [0.2, 0.25) is 10.0 Å². The highest BCUT2D eigenvalue weighted by Crippen LogP contribution is 2.31. The van der Waals surface area contributed by atoms with E-state index < -0.39 is 17.8 Å². The van der Waals surface area contributed by atoms with Crippen molar-refractivity contribution < 1.29 is 19.1 Å². The van der Waals surface area contributed by atoms with Gasteiger partial charge in [0.25, 0.3) is 11.8 Å². The third kappa shape index (κ3) is 5.01. The van der Waals surface area contributed by atoms with E-state index in [1.807, 2.05) is 12.1 Å². The van der Waals surface area contributed by atoms with Gasteiger partial charge >= 0.3 is 6.03 Å². The third-order valence-electron chi connectivity index (χ3n) is 5.16. The summed E-state index contributed by atoms with van der Waals surface area (Å²) < 4.78 is 6.48. The summed E-state index contributed by atoms with van der Waals surface area (Å²) in [5, 5.41) is 3.26. The van der Waals surface area contributed by atoms with Crippen molar-refractivity contribution in [3.63, 3.8) is 0 Å². The summed E-state index contributed by atoms with van der Waals surface area (Å²) in [6.45, 7) is 2.03. The van der Waals surface area contributed by atoms with Crippen LogP contribution >= 0.6 is 39.1 Å². The summed E-state index contributed by atoms with van der Waals surface area (Å²) in [5.74, 6) is -0.925. The van der Waals surface area contributed by atoms with Gasteiger partial charge in [-0.25, -0.2) is 9.69 Å². The minimum atomic E-state index is -0.829. The number of ether oxygens (including phenoxy) is 1. The van der Waals surface area contributed by atoms with Crippen LogP contribution in [0.1, 0.15) is 16.7 Å². The van der Waals surface area contributed by atoms with E-state index >= 15 is 0 Å². The molecule has 0 radical (unpaired) electrons. The number of halogens is 3. The molecule has 0 aliphatic carbocycles. The van der Waals surface area contributed by atoms with Crippen LogP contribution in [-0.4, -0.2) is 17.8 Å². The van der Waals surface area contributed by atoms with Crippen LogP contribution in [0.5, 0.6) is 5.75 Å². The van der Waals surface area contributed by atoms with Crippen molar-refractivity contribution >= 4 is 68.7 Å². The van der Waals surface area contributed by atoms with Crippen LogP contribution in [0.25, 0.3) is 6.08 Å². The van der Waals surface area contributed by atoms with Crippen molar-refractivity contribution in [3.8, 4) is 5.75 Å². The number of nitrogens with zero attached hydrogens (tertiary/aromatic N) is 1. The van der Waals surface area contributed by atoms with Gasteiger partial charge in [0, 0.05) is 10.0 Å². The Labute approximate surface area is 214 Å². The maximum absolute atomic E-state index is 13.1. The molecular formula is C25H17BrCl2N2O4. The van der Waals surface area contributed by atoms with Gasteiger partial charge in [0.05, 0.1) is 10.2 Å². The largest absolute Gasteiger partial charge is 0.488 e. The predicted molar refractivity (Wildman–Crippen MR) is 135 cm³/mol. The summed E-state index contributed by atoms with van der Waals surface area (Å²) in [5.41, 5.74) is 2.20. The molecule has 3 aromatic rings. The molecule has 1 fully saturated rings. The third-order valence-corrected chi connectivity index (χ3v) is 6.44. The summed E-state index contributed by atoms with van der Waals surface area (Å²) in [7, 11) is 0. The number of hydrogen-bond donors (Lipinski definition) is 1. The van der Waals surface area contributed by atoms with Crippen LogP contribution in [0, 0.1) is 6.92 Å². The van der Waals surface area contributed by atoms with Gasteiger partial charge in [-0.2, -0.15) is 0 Å². The zero-order valence-electron chi connectivity index (χ0n) is 17.8. The fourth-order valence-electron chi connectivity index (χ4n) is 3.35. The Hall–Kier alpha value is -3.13. The zero-order chi connectivity index (χ0) is 24.4. The molecular weight excluding hydrogens is 543 g/mol. The van der Waals surface area contributed by atoms with Crippen LogP contribution in [0.15, 0.2) is 70.7 Å². The maximum Gasteiger partial charge on any atom is 0.335 e. The number of hydrogen-bond acceptors (Lipinski definition) is 4. The molecule has 0 unspecified atom stereocenters. The van der Waals surface area contributed by atoms with E-state index in [-0.39, 0.29) is 5.57 Å². The van der Waals surface area contributed by atoms with Crippen molar-refractivity contribution in [3.05, 3.63) is 97.4 Å². The lowest BCUT2D eigenvalue weighted by Crippen LogP contribution is -2.54. The minimum Gasteiger partial charge on any atom is -0.488 e. The van der Waals surface area contributed by atoms with Gasteiger partial charge < -0.3 is 4.74 Å². The molecule has 0 atom stereocenters. The van der Waals surface area contributed by atoms with Crippen LogP contribution in [0.3, 0.4) is 0 Å². The quantitative estimate of drug-likeness (QED) is 0.293. The normalized spacial score (nSPS) is 15.0. The van der Waals surface area contributed by atoms with Gasteiger partial charge in [-0.1, -0.05) is 47.5 Å². The first-order valence-corrected chi connectivity index (χ1v) is 11.6. The molecule has 1 aliphatic heterocycles. The van der Waals surface area contributed by atoms with Crippen LogP contribution < -0.4 is 15.0 Å². The van der Waals surface area contributed by atoms with E-state index in [0.29, 0.717) is 43.7 Å².